The van der Waals surface area contributed by atoms with Crippen molar-refractivity contribution in [2.75, 3.05) is 0 Å². The van der Waals surface area contributed by atoms with Gasteiger partial charge in [0.2, 0.25) is 5.82 Å². The van der Waals surface area contributed by atoms with Crippen LogP contribution in [-0.2, 0) is 17.9 Å². The number of urea groups is 1. The average molecular weight is 366 g/mol. The first-order valence-corrected chi connectivity index (χ1v) is 8.21. The van der Waals surface area contributed by atoms with E-state index in [9.17, 15) is 9.59 Å². The van der Waals surface area contributed by atoms with Crippen LogP contribution in [0.4, 0.5) is 4.79 Å². The summed E-state index contributed by atoms with van der Waals surface area (Å²) in [5, 5.41) is 6.39. The first-order valence-electron chi connectivity index (χ1n) is 8.21. The lowest BCUT2D eigenvalue weighted by Gasteiger charge is -2.04. The van der Waals surface area contributed by atoms with Gasteiger partial charge in [-0.3, -0.25) is 0 Å². The number of carbonyl (C=O) groups excluding carboxylic acids is 2. The number of ether oxygens (including phenoxy) is 1. The fourth-order valence-corrected chi connectivity index (χ4v) is 2.41. The molecule has 3 rings (SSSR count). The summed E-state index contributed by atoms with van der Waals surface area (Å²) < 4.78 is 10.4. The number of aryl methyl sites for hydroxylation is 1. The van der Waals surface area contributed by atoms with E-state index in [1.165, 1.54) is 0 Å². The van der Waals surface area contributed by atoms with Crippen molar-refractivity contribution in [1.29, 1.82) is 0 Å². The van der Waals surface area contributed by atoms with Crippen molar-refractivity contribution in [3.8, 4) is 11.4 Å². The molecule has 0 spiro atoms. The normalized spacial score (nSPS) is 10.4. The Bertz CT molecular complexity index is 950. The van der Waals surface area contributed by atoms with Gasteiger partial charge in [0, 0.05) is 12.1 Å². The molecule has 0 saturated carbocycles. The predicted octanol–water partition coefficient (Wildman–Crippen LogP) is 2.57. The van der Waals surface area contributed by atoms with E-state index in [0.29, 0.717) is 11.4 Å². The van der Waals surface area contributed by atoms with Crippen molar-refractivity contribution in [1.82, 2.24) is 15.5 Å². The lowest BCUT2D eigenvalue weighted by molar-refractivity contribution is 0.0430. The molecular weight excluding hydrogens is 348 g/mol. The number of aromatic nitrogens is 2. The average Bonchev–Trinajstić information content (AvgIpc) is 3.14. The summed E-state index contributed by atoms with van der Waals surface area (Å²) in [6, 6.07) is 13.7. The standard InChI is InChI=1S/C19H18N4O4/c1-12-4-2-3-5-15(12)17-22-16(27-23-17)11-26-18(24)14-8-6-13(7-9-14)10-21-19(20)25/h2-9H,10-11H2,1H3,(H3,20,21,25). The molecule has 0 radical (unpaired) electrons. The zero-order chi connectivity index (χ0) is 19.2. The summed E-state index contributed by atoms with van der Waals surface area (Å²) in [7, 11) is 0. The lowest BCUT2D eigenvalue weighted by atomic mass is 10.1. The minimum absolute atomic E-state index is 0.122. The zero-order valence-electron chi connectivity index (χ0n) is 14.6. The molecule has 1 aromatic heterocycles. The second-order valence-corrected chi connectivity index (χ2v) is 5.82. The van der Waals surface area contributed by atoms with E-state index in [1.807, 2.05) is 31.2 Å². The van der Waals surface area contributed by atoms with Crippen molar-refractivity contribution in [2.45, 2.75) is 20.1 Å². The number of carbonyl (C=O) groups is 2. The highest BCUT2D eigenvalue weighted by Crippen LogP contribution is 2.20. The van der Waals surface area contributed by atoms with Crippen LogP contribution in [0.5, 0.6) is 0 Å². The summed E-state index contributed by atoms with van der Waals surface area (Å²) in [6.07, 6.45) is 0. The third-order valence-electron chi connectivity index (χ3n) is 3.84. The second kappa shape index (κ2) is 8.13. The number of amides is 2. The van der Waals surface area contributed by atoms with Gasteiger partial charge in [0.1, 0.15) is 0 Å². The predicted molar refractivity (Wildman–Crippen MR) is 96.5 cm³/mol. The number of esters is 1. The first kappa shape index (κ1) is 18.1. The van der Waals surface area contributed by atoms with Gasteiger partial charge in [-0.1, -0.05) is 41.6 Å². The topological polar surface area (TPSA) is 120 Å². The number of benzene rings is 2. The largest absolute Gasteiger partial charge is 0.452 e. The molecule has 138 valence electrons. The lowest BCUT2D eigenvalue weighted by Crippen LogP contribution is -2.28. The summed E-state index contributed by atoms with van der Waals surface area (Å²) in [5.74, 6) is 0.148. The molecule has 8 nitrogen and oxygen atoms in total. The highest BCUT2D eigenvalue weighted by atomic mass is 16.6. The van der Waals surface area contributed by atoms with Crippen molar-refractivity contribution < 1.29 is 18.8 Å². The van der Waals surface area contributed by atoms with Crippen LogP contribution in [0, 0.1) is 6.92 Å². The van der Waals surface area contributed by atoms with Crippen molar-refractivity contribution in [3.05, 3.63) is 71.1 Å². The van der Waals surface area contributed by atoms with Crippen LogP contribution in [0.2, 0.25) is 0 Å². The molecular formula is C19H18N4O4. The maximum atomic E-state index is 12.1. The first-order chi connectivity index (χ1) is 13.0. The Morgan fingerprint density at radius 2 is 1.89 bits per heavy atom. The molecule has 0 aliphatic rings. The van der Waals surface area contributed by atoms with Crippen LogP contribution in [0.25, 0.3) is 11.4 Å². The molecule has 3 N–H and O–H groups in total. The summed E-state index contributed by atoms with van der Waals surface area (Å²) >= 11 is 0. The zero-order valence-corrected chi connectivity index (χ0v) is 14.6. The number of nitrogens with zero attached hydrogens (tertiary/aromatic N) is 2. The van der Waals surface area contributed by atoms with Gasteiger partial charge < -0.3 is 20.3 Å². The monoisotopic (exact) mass is 366 g/mol. The Labute approximate surface area is 155 Å². The Morgan fingerprint density at radius 3 is 2.59 bits per heavy atom. The van der Waals surface area contributed by atoms with Crippen molar-refractivity contribution in [3.63, 3.8) is 0 Å². The number of hydrogen-bond acceptors (Lipinski definition) is 6. The molecule has 8 heteroatoms. The van der Waals surface area contributed by atoms with Gasteiger partial charge in [0.25, 0.3) is 5.89 Å². The van der Waals surface area contributed by atoms with Crippen LogP contribution in [0.3, 0.4) is 0 Å². The van der Waals surface area contributed by atoms with Gasteiger partial charge in [0.05, 0.1) is 5.56 Å². The molecule has 0 aliphatic carbocycles. The Balaban J connectivity index is 1.58. The summed E-state index contributed by atoms with van der Waals surface area (Å²) in [5.41, 5.74) is 8.08. The second-order valence-electron chi connectivity index (χ2n) is 5.82. The molecule has 2 amide bonds. The van der Waals surface area contributed by atoms with E-state index in [2.05, 4.69) is 15.5 Å². The fourth-order valence-electron chi connectivity index (χ4n) is 2.41. The molecule has 0 saturated heterocycles. The SMILES string of the molecule is Cc1ccccc1-c1noc(COC(=O)c2ccc(CNC(N)=O)cc2)n1. The Hall–Kier alpha value is -3.68. The van der Waals surface area contributed by atoms with Crippen LogP contribution in [-0.4, -0.2) is 22.1 Å². The molecule has 0 bridgehead atoms. The quantitative estimate of drug-likeness (QED) is 0.647. The molecule has 0 unspecified atom stereocenters. The minimum Gasteiger partial charge on any atom is -0.452 e. The maximum absolute atomic E-state index is 12.1. The van der Waals surface area contributed by atoms with Crippen LogP contribution in [0.15, 0.2) is 53.1 Å². The third-order valence-corrected chi connectivity index (χ3v) is 3.84. The highest BCUT2D eigenvalue weighted by molar-refractivity contribution is 5.89. The number of hydrogen-bond donors (Lipinski definition) is 2. The smallest absolute Gasteiger partial charge is 0.338 e. The summed E-state index contributed by atoms with van der Waals surface area (Å²) in [6.45, 7) is 2.12. The van der Waals surface area contributed by atoms with Crippen molar-refractivity contribution >= 4 is 12.0 Å². The fraction of sp³-hybridized carbons (Fsp3) is 0.158. The van der Waals surface area contributed by atoms with Gasteiger partial charge >= 0.3 is 12.0 Å². The van der Waals surface area contributed by atoms with Gasteiger partial charge in [-0.15, -0.1) is 0 Å². The summed E-state index contributed by atoms with van der Waals surface area (Å²) in [4.78, 5) is 27.1. The molecule has 0 aliphatic heterocycles. The van der Waals surface area contributed by atoms with E-state index in [0.717, 1.165) is 16.7 Å². The number of nitrogens with one attached hydrogen (secondary N) is 1. The van der Waals surface area contributed by atoms with E-state index < -0.39 is 12.0 Å². The number of rotatable bonds is 6. The Kier molecular flexibility index (Phi) is 5.46. The minimum atomic E-state index is -0.608. The molecule has 3 aromatic rings. The number of primary amides is 1. The Morgan fingerprint density at radius 1 is 1.15 bits per heavy atom. The molecule has 0 atom stereocenters. The van der Waals surface area contributed by atoms with Gasteiger partial charge in [-0.25, -0.2) is 9.59 Å². The van der Waals surface area contributed by atoms with E-state index in [4.69, 9.17) is 15.0 Å². The third kappa shape index (κ3) is 4.69. The van der Waals surface area contributed by atoms with Crippen molar-refractivity contribution in [2.24, 2.45) is 5.73 Å². The maximum Gasteiger partial charge on any atom is 0.338 e. The van der Waals surface area contributed by atoms with Crippen LogP contribution in [0.1, 0.15) is 27.4 Å². The molecule has 27 heavy (non-hydrogen) atoms. The van der Waals surface area contributed by atoms with Crippen LogP contribution < -0.4 is 11.1 Å². The van der Waals surface area contributed by atoms with Gasteiger partial charge in [-0.2, -0.15) is 4.98 Å². The highest BCUT2D eigenvalue weighted by Gasteiger charge is 2.13. The van der Waals surface area contributed by atoms with E-state index >= 15 is 0 Å². The van der Waals surface area contributed by atoms with E-state index in [-0.39, 0.29) is 19.0 Å². The van der Waals surface area contributed by atoms with Crippen LogP contribution >= 0.6 is 0 Å². The number of nitrogens with two attached hydrogens (primary N) is 1. The molecule has 1 heterocycles. The van der Waals surface area contributed by atoms with E-state index in [1.54, 1.807) is 24.3 Å². The molecule has 2 aromatic carbocycles. The van der Waals surface area contributed by atoms with Gasteiger partial charge in [0.15, 0.2) is 6.61 Å². The molecule has 0 fully saturated rings. The van der Waals surface area contributed by atoms with Gasteiger partial charge in [-0.05, 0) is 30.2 Å².